The molecular formula is C20H20N6O3. The van der Waals surface area contributed by atoms with Gasteiger partial charge in [0.2, 0.25) is 17.7 Å². The molecule has 1 aromatic heterocycles. The van der Waals surface area contributed by atoms with Crippen molar-refractivity contribution in [1.29, 1.82) is 0 Å². The van der Waals surface area contributed by atoms with Gasteiger partial charge >= 0.3 is 5.69 Å². The lowest BCUT2D eigenvalue weighted by Crippen LogP contribution is -2.16. The van der Waals surface area contributed by atoms with Crippen molar-refractivity contribution in [3.63, 3.8) is 0 Å². The fraction of sp³-hybridized carbons (Fsp3) is 0.150. The van der Waals surface area contributed by atoms with Crippen molar-refractivity contribution in [3.8, 4) is 0 Å². The van der Waals surface area contributed by atoms with Crippen LogP contribution >= 0.6 is 0 Å². The normalized spacial score (nSPS) is 10.3. The van der Waals surface area contributed by atoms with Gasteiger partial charge in [0.25, 0.3) is 0 Å². The Morgan fingerprint density at radius 1 is 1.03 bits per heavy atom. The predicted molar refractivity (Wildman–Crippen MR) is 112 cm³/mol. The Kier molecular flexibility index (Phi) is 5.68. The summed E-state index contributed by atoms with van der Waals surface area (Å²) in [6.45, 7) is 3.01. The van der Waals surface area contributed by atoms with Crippen molar-refractivity contribution in [2.75, 3.05) is 22.6 Å². The molecule has 9 nitrogen and oxygen atoms in total. The van der Waals surface area contributed by atoms with E-state index in [9.17, 15) is 14.9 Å². The number of nitrogens with zero attached hydrogens (tertiary/aromatic N) is 4. The van der Waals surface area contributed by atoms with Crippen LogP contribution in [0.2, 0.25) is 0 Å². The third kappa shape index (κ3) is 4.64. The van der Waals surface area contributed by atoms with Crippen molar-refractivity contribution in [3.05, 3.63) is 70.4 Å². The fourth-order valence-electron chi connectivity index (χ4n) is 2.80. The standard InChI is InChI=1S/C20H20N6O3/c1-13-18(26(28)29)19(25(3)17-7-5-4-6-8-17)24-20(21-13)23-16-11-9-15(10-12-16)22-14(2)27/h4-12H,1-3H3,(H,22,27)(H,21,23,24). The summed E-state index contributed by atoms with van der Waals surface area (Å²) in [7, 11) is 1.72. The predicted octanol–water partition coefficient (Wildman–Crippen LogP) is 4.16. The van der Waals surface area contributed by atoms with E-state index in [4.69, 9.17) is 0 Å². The zero-order valence-corrected chi connectivity index (χ0v) is 16.2. The molecule has 3 rings (SSSR count). The van der Waals surface area contributed by atoms with Crippen LogP contribution in [-0.2, 0) is 4.79 Å². The quantitative estimate of drug-likeness (QED) is 0.478. The molecule has 29 heavy (non-hydrogen) atoms. The van der Waals surface area contributed by atoms with Crippen molar-refractivity contribution in [2.24, 2.45) is 0 Å². The molecule has 0 bridgehead atoms. The van der Waals surface area contributed by atoms with Gasteiger partial charge in [0, 0.05) is 31.0 Å². The number of aromatic nitrogens is 2. The molecule has 0 aliphatic carbocycles. The van der Waals surface area contributed by atoms with E-state index < -0.39 is 4.92 Å². The van der Waals surface area contributed by atoms with E-state index >= 15 is 0 Å². The lowest BCUT2D eigenvalue weighted by atomic mass is 10.2. The number of amides is 1. The highest BCUT2D eigenvalue weighted by atomic mass is 16.6. The fourth-order valence-corrected chi connectivity index (χ4v) is 2.80. The molecule has 0 spiro atoms. The number of hydrogen-bond donors (Lipinski definition) is 2. The summed E-state index contributed by atoms with van der Waals surface area (Å²) < 4.78 is 0. The van der Waals surface area contributed by atoms with Gasteiger partial charge in [0.05, 0.1) is 4.92 Å². The van der Waals surface area contributed by atoms with Gasteiger partial charge in [0.15, 0.2) is 0 Å². The largest absolute Gasteiger partial charge is 0.333 e. The molecule has 0 atom stereocenters. The van der Waals surface area contributed by atoms with E-state index in [-0.39, 0.29) is 29.1 Å². The number of rotatable bonds is 6. The lowest BCUT2D eigenvalue weighted by molar-refractivity contribution is -0.385. The van der Waals surface area contributed by atoms with Gasteiger partial charge in [-0.3, -0.25) is 14.9 Å². The van der Waals surface area contributed by atoms with E-state index in [1.807, 2.05) is 30.3 Å². The van der Waals surface area contributed by atoms with Gasteiger partial charge in [-0.05, 0) is 43.3 Å². The smallest absolute Gasteiger partial charge is 0.326 e. The molecule has 0 fully saturated rings. The Labute approximate surface area is 167 Å². The third-order valence-corrected chi connectivity index (χ3v) is 4.15. The summed E-state index contributed by atoms with van der Waals surface area (Å²) >= 11 is 0. The Morgan fingerprint density at radius 2 is 1.66 bits per heavy atom. The first-order valence-electron chi connectivity index (χ1n) is 8.81. The Bertz CT molecular complexity index is 1040. The van der Waals surface area contributed by atoms with Crippen LogP contribution in [0.15, 0.2) is 54.6 Å². The van der Waals surface area contributed by atoms with Crippen LogP contribution in [0.1, 0.15) is 12.6 Å². The number of carbonyl (C=O) groups is 1. The Morgan fingerprint density at radius 3 is 2.24 bits per heavy atom. The van der Waals surface area contributed by atoms with Crippen LogP contribution < -0.4 is 15.5 Å². The summed E-state index contributed by atoms with van der Waals surface area (Å²) in [5.74, 6) is 0.262. The highest BCUT2D eigenvalue weighted by Gasteiger charge is 2.25. The second-order valence-corrected chi connectivity index (χ2v) is 6.34. The van der Waals surface area contributed by atoms with Crippen LogP contribution in [0, 0.1) is 17.0 Å². The van der Waals surface area contributed by atoms with Gasteiger partial charge in [-0.25, -0.2) is 4.98 Å². The maximum absolute atomic E-state index is 11.6. The molecule has 2 aromatic carbocycles. The first-order valence-corrected chi connectivity index (χ1v) is 8.81. The Hall–Kier alpha value is -4.01. The van der Waals surface area contributed by atoms with Crippen LogP contribution in [-0.4, -0.2) is 27.8 Å². The zero-order valence-electron chi connectivity index (χ0n) is 16.2. The first kappa shape index (κ1) is 19.7. The van der Waals surface area contributed by atoms with E-state index in [2.05, 4.69) is 20.6 Å². The molecule has 0 radical (unpaired) electrons. The first-order chi connectivity index (χ1) is 13.8. The number of anilines is 5. The number of nitro groups is 1. The number of nitrogens with one attached hydrogen (secondary N) is 2. The second kappa shape index (κ2) is 8.34. The molecular weight excluding hydrogens is 372 g/mol. The lowest BCUT2D eigenvalue weighted by Gasteiger charge is -2.19. The molecule has 2 N–H and O–H groups in total. The van der Waals surface area contributed by atoms with Gasteiger partial charge in [-0.1, -0.05) is 18.2 Å². The van der Waals surface area contributed by atoms with E-state index in [1.165, 1.54) is 6.92 Å². The molecule has 148 valence electrons. The van der Waals surface area contributed by atoms with E-state index in [0.29, 0.717) is 11.4 Å². The van der Waals surface area contributed by atoms with Gasteiger partial charge in [-0.15, -0.1) is 0 Å². The molecule has 0 unspecified atom stereocenters. The third-order valence-electron chi connectivity index (χ3n) is 4.15. The highest BCUT2D eigenvalue weighted by molar-refractivity contribution is 5.88. The van der Waals surface area contributed by atoms with Crippen molar-refractivity contribution < 1.29 is 9.72 Å². The molecule has 0 aliphatic rings. The monoisotopic (exact) mass is 392 g/mol. The summed E-state index contributed by atoms with van der Waals surface area (Å²) in [6.07, 6.45) is 0. The number of hydrogen-bond acceptors (Lipinski definition) is 7. The SMILES string of the molecule is CC(=O)Nc1ccc(Nc2nc(C)c([N+](=O)[O-])c(N(C)c3ccccc3)n2)cc1. The topological polar surface area (TPSA) is 113 Å². The van der Waals surface area contributed by atoms with E-state index in [1.54, 1.807) is 43.1 Å². The molecule has 1 amide bonds. The maximum Gasteiger partial charge on any atom is 0.333 e. The Balaban J connectivity index is 1.95. The molecule has 3 aromatic rings. The van der Waals surface area contributed by atoms with Gasteiger partial charge in [-0.2, -0.15) is 4.98 Å². The van der Waals surface area contributed by atoms with E-state index in [0.717, 1.165) is 5.69 Å². The van der Waals surface area contributed by atoms with Crippen molar-refractivity contribution >= 4 is 40.4 Å². The number of aryl methyl sites for hydroxylation is 1. The highest BCUT2D eigenvalue weighted by Crippen LogP contribution is 2.33. The molecule has 1 heterocycles. The van der Waals surface area contributed by atoms with Gasteiger partial charge in [0.1, 0.15) is 5.69 Å². The molecule has 9 heteroatoms. The van der Waals surface area contributed by atoms with Crippen LogP contribution in [0.25, 0.3) is 0 Å². The summed E-state index contributed by atoms with van der Waals surface area (Å²) in [6, 6.07) is 16.2. The molecule has 0 saturated carbocycles. The second-order valence-electron chi connectivity index (χ2n) is 6.34. The van der Waals surface area contributed by atoms with Crippen LogP contribution in [0.3, 0.4) is 0 Å². The van der Waals surface area contributed by atoms with Crippen LogP contribution in [0.5, 0.6) is 0 Å². The van der Waals surface area contributed by atoms with Gasteiger partial charge < -0.3 is 15.5 Å². The maximum atomic E-state index is 11.6. The zero-order chi connectivity index (χ0) is 21.0. The number of carbonyl (C=O) groups excluding carboxylic acids is 1. The minimum absolute atomic E-state index is 0.150. The van der Waals surface area contributed by atoms with Crippen molar-refractivity contribution in [2.45, 2.75) is 13.8 Å². The minimum atomic E-state index is -0.476. The molecule has 0 saturated heterocycles. The average molecular weight is 392 g/mol. The van der Waals surface area contributed by atoms with Crippen molar-refractivity contribution in [1.82, 2.24) is 9.97 Å². The summed E-state index contributed by atoms with van der Waals surface area (Å²) in [5, 5.41) is 17.4. The number of benzene rings is 2. The minimum Gasteiger partial charge on any atom is -0.326 e. The summed E-state index contributed by atoms with van der Waals surface area (Å²) in [5.41, 5.74) is 2.20. The van der Waals surface area contributed by atoms with Crippen LogP contribution in [0.4, 0.5) is 34.5 Å². The average Bonchev–Trinajstić information content (AvgIpc) is 2.68. The number of para-hydroxylation sites is 1. The summed E-state index contributed by atoms with van der Waals surface area (Å²) in [4.78, 5) is 32.5. The molecule has 0 aliphatic heterocycles.